The molecule has 1 aromatic heterocycles. The number of esters is 1. The summed E-state index contributed by atoms with van der Waals surface area (Å²) in [5.41, 5.74) is 2.27. The van der Waals surface area contributed by atoms with Gasteiger partial charge < -0.3 is 13.9 Å². The van der Waals surface area contributed by atoms with Gasteiger partial charge in [-0.1, -0.05) is 54.1 Å². The van der Waals surface area contributed by atoms with Crippen molar-refractivity contribution in [3.05, 3.63) is 99.9 Å². The van der Waals surface area contributed by atoms with Crippen LogP contribution in [0.5, 0.6) is 5.75 Å². The molecule has 0 aliphatic carbocycles. The van der Waals surface area contributed by atoms with Gasteiger partial charge in [-0.25, -0.2) is 4.79 Å². The molecule has 1 heterocycles. The van der Waals surface area contributed by atoms with Crippen LogP contribution in [0.3, 0.4) is 0 Å². The molecule has 0 amide bonds. The van der Waals surface area contributed by atoms with Crippen LogP contribution in [0.4, 0.5) is 0 Å². The van der Waals surface area contributed by atoms with Crippen molar-refractivity contribution in [3.63, 3.8) is 0 Å². The SMILES string of the molecule is O=C(COc1ccc2c(=O)c(-c3ccc(Cl)cc3)coc2c1)OCc1ccccc1. The van der Waals surface area contributed by atoms with E-state index in [9.17, 15) is 9.59 Å². The number of ether oxygens (including phenoxy) is 2. The summed E-state index contributed by atoms with van der Waals surface area (Å²) in [7, 11) is 0. The Hall–Kier alpha value is -3.57. The molecule has 0 aliphatic heterocycles. The van der Waals surface area contributed by atoms with Gasteiger partial charge in [0.1, 0.15) is 24.2 Å². The van der Waals surface area contributed by atoms with E-state index in [1.807, 2.05) is 30.3 Å². The van der Waals surface area contributed by atoms with Gasteiger partial charge in [-0.3, -0.25) is 4.79 Å². The van der Waals surface area contributed by atoms with Gasteiger partial charge in [-0.05, 0) is 35.4 Å². The molecule has 0 N–H and O–H groups in total. The molecule has 5 nitrogen and oxygen atoms in total. The second-order valence-corrected chi connectivity index (χ2v) is 7.01. The molecular formula is C24H17ClO5. The van der Waals surface area contributed by atoms with Crippen molar-refractivity contribution in [2.45, 2.75) is 6.61 Å². The van der Waals surface area contributed by atoms with Gasteiger partial charge in [0.15, 0.2) is 12.0 Å². The second kappa shape index (κ2) is 8.84. The molecular weight excluding hydrogens is 404 g/mol. The zero-order valence-electron chi connectivity index (χ0n) is 15.8. The Labute approximate surface area is 177 Å². The molecule has 0 fully saturated rings. The molecule has 0 atom stereocenters. The highest BCUT2D eigenvalue weighted by atomic mass is 35.5. The van der Waals surface area contributed by atoms with Crippen molar-refractivity contribution in [2.75, 3.05) is 6.61 Å². The number of rotatable bonds is 6. The molecule has 4 aromatic rings. The van der Waals surface area contributed by atoms with Crippen molar-refractivity contribution < 1.29 is 18.7 Å². The number of carbonyl (C=O) groups is 1. The highest BCUT2D eigenvalue weighted by molar-refractivity contribution is 6.30. The molecule has 30 heavy (non-hydrogen) atoms. The molecule has 150 valence electrons. The Balaban J connectivity index is 1.44. The Morgan fingerprint density at radius 2 is 1.73 bits per heavy atom. The summed E-state index contributed by atoms with van der Waals surface area (Å²) >= 11 is 5.91. The third-order valence-corrected chi connectivity index (χ3v) is 4.75. The Morgan fingerprint density at radius 1 is 0.967 bits per heavy atom. The first-order chi connectivity index (χ1) is 14.6. The molecule has 0 aliphatic rings. The topological polar surface area (TPSA) is 65.7 Å². The van der Waals surface area contributed by atoms with Crippen molar-refractivity contribution in [1.29, 1.82) is 0 Å². The van der Waals surface area contributed by atoms with E-state index in [2.05, 4.69) is 0 Å². The molecule has 0 saturated carbocycles. The molecule has 0 radical (unpaired) electrons. The van der Waals surface area contributed by atoms with E-state index >= 15 is 0 Å². The van der Waals surface area contributed by atoms with E-state index < -0.39 is 5.97 Å². The van der Waals surface area contributed by atoms with E-state index in [4.69, 9.17) is 25.5 Å². The van der Waals surface area contributed by atoms with Crippen molar-refractivity contribution in [3.8, 4) is 16.9 Å². The number of fused-ring (bicyclic) bond motifs is 1. The third kappa shape index (κ3) is 4.53. The van der Waals surface area contributed by atoms with Crippen LogP contribution in [-0.4, -0.2) is 12.6 Å². The van der Waals surface area contributed by atoms with E-state index in [1.54, 1.807) is 42.5 Å². The zero-order chi connectivity index (χ0) is 20.9. The normalized spacial score (nSPS) is 10.7. The highest BCUT2D eigenvalue weighted by Gasteiger charge is 2.11. The van der Waals surface area contributed by atoms with Gasteiger partial charge in [0, 0.05) is 11.1 Å². The quantitative estimate of drug-likeness (QED) is 0.399. The zero-order valence-corrected chi connectivity index (χ0v) is 16.6. The molecule has 6 heteroatoms. The lowest BCUT2D eigenvalue weighted by atomic mass is 10.1. The molecule has 0 saturated heterocycles. The minimum absolute atomic E-state index is 0.160. The summed E-state index contributed by atoms with van der Waals surface area (Å²) in [5, 5.41) is 1.01. The van der Waals surface area contributed by atoms with Crippen LogP contribution in [0.1, 0.15) is 5.56 Å². The fraction of sp³-hybridized carbons (Fsp3) is 0.0833. The maximum absolute atomic E-state index is 12.8. The highest BCUT2D eigenvalue weighted by Crippen LogP contribution is 2.24. The van der Waals surface area contributed by atoms with Crippen LogP contribution in [0.2, 0.25) is 5.02 Å². The fourth-order valence-corrected chi connectivity index (χ4v) is 3.08. The predicted molar refractivity (Wildman–Crippen MR) is 115 cm³/mol. The van der Waals surface area contributed by atoms with Crippen LogP contribution in [0.25, 0.3) is 22.1 Å². The fourth-order valence-electron chi connectivity index (χ4n) is 2.95. The second-order valence-electron chi connectivity index (χ2n) is 6.58. The number of halogens is 1. The van der Waals surface area contributed by atoms with Crippen LogP contribution in [-0.2, 0) is 16.1 Å². The minimum Gasteiger partial charge on any atom is -0.482 e. The lowest BCUT2D eigenvalue weighted by molar-refractivity contribution is -0.147. The van der Waals surface area contributed by atoms with Gasteiger partial charge in [-0.2, -0.15) is 0 Å². The summed E-state index contributed by atoms with van der Waals surface area (Å²) in [6.45, 7) is -0.0610. The molecule has 3 aromatic carbocycles. The van der Waals surface area contributed by atoms with Crippen LogP contribution >= 0.6 is 11.6 Å². The summed E-state index contributed by atoms with van der Waals surface area (Å²) < 4.78 is 16.3. The van der Waals surface area contributed by atoms with Gasteiger partial charge in [0.2, 0.25) is 0 Å². The average molecular weight is 421 g/mol. The van der Waals surface area contributed by atoms with E-state index in [0.29, 0.717) is 27.3 Å². The summed E-state index contributed by atoms with van der Waals surface area (Å²) in [4.78, 5) is 24.7. The Kier molecular flexibility index (Phi) is 5.82. The maximum atomic E-state index is 12.8. The number of hydrogen-bond acceptors (Lipinski definition) is 5. The summed E-state index contributed by atoms with van der Waals surface area (Å²) in [6, 6.07) is 21.2. The Morgan fingerprint density at radius 3 is 2.50 bits per heavy atom. The number of benzene rings is 3. The smallest absolute Gasteiger partial charge is 0.344 e. The van der Waals surface area contributed by atoms with Crippen LogP contribution < -0.4 is 10.2 Å². The predicted octanol–water partition coefficient (Wildman–Crippen LogP) is 5.24. The number of hydrogen-bond donors (Lipinski definition) is 0. The first-order valence-electron chi connectivity index (χ1n) is 9.24. The first-order valence-corrected chi connectivity index (χ1v) is 9.62. The van der Waals surface area contributed by atoms with Crippen LogP contribution in [0.15, 0.2) is 88.3 Å². The van der Waals surface area contributed by atoms with Crippen molar-refractivity contribution in [1.82, 2.24) is 0 Å². The van der Waals surface area contributed by atoms with Crippen molar-refractivity contribution in [2.24, 2.45) is 0 Å². The Bertz CT molecular complexity index is 1230. The van der Waals surface area contributed by atoms with E-state index in [0.717, 1.165) is 11.1 Å². The molecule has 4 rings (SSSR count). The first kappa shape index (κ1) is 19.7. The lowest BCUT2D eigenvalue weighted by Crippen LogP contribution is -2.14. The van der Waals surface area contributed by atoms with E-state index in [1.165, 1.54) is 6.26 Å². The van der Waals surface area contributed by atoms with Gasteiger partial charge in [0.25, 0.3) is 0 Å². The monoisotopic (exact) mass is 420 g/mol. The number of carbonyl (C=O) groups excluding carboxylic acids is 1. The minimum atomic E-state index is -0.488. The average Bonchev–Trinajstić information content (AvgIpc) is 2.78. The molecule has 0 spiro atoms. The largest absolute Gasteiger partial charge is 0.482 e. The van der Waals surface area contributed by atoms with Crippen LogP contribution in [0, 0.1) is 0 Å². The van der Waals surface area contributed by atoms with Gasteiger partial charge >= 0.3 is 5.97 Å². The summed E-state index contributed by atoms with van der Waals surface area (Å²) in [5.74, 6) is -0.0833. The molecule has 0 bridgehead atoms. The maximum Gasteiger partial charge on any atom is 0.344 e. The third-order valence-electron chi connectivity index (χ3n) is 4.50. The van der Waals surface area contributed by atoms with Crippen molar-refractivity contribution >= 4 is 28.5 Å². The standard InChI is InChI=1S/C24H17ClO5/c25-18-8-6-17(7-9-18)21-14-29-22-12-19(10-11-20(22)24(21)27)28-15-23(26)30-13-16-4-2-1-3-5-16/h1-12,14H,13,15H2. The van der Waals surface area contributed by atoms with Gasteiger partial charge in [0.05, 0.1) is 10.9 Å². The van der Waals surface area contributed by atoms with E-state index in [-0.39, 0.29) is 18.6 Å². The lowest BCUT2D eigenvalue weighted by Gasteiger charge is -2.08. The van der Waals surface area contributed by atoms with Gasteiger partial charge in [-0.15, -0.1) is 0 Å². The molecule has 0 unspecified atom stereocenters. The summed E-state index contributed by atoms with van der Waals surface area (Å²) in [6.07, 6.45) is 1.41.